The molecule has 0 saturated carbocycles. The number of hydrogen-bond donors (Lipinski definition) is 3. The molecule has 0 aliphatic rings. The van der Waals surface area contributed by atoms with Gasteiger partial charge in [0.2, 0.25) is 0 Å². The van der Waals surface area contributed by atoms with E-state index in [0.29, 0.717) is 12.1 Å². The Bertz CT molecular complexity index is 439. The highest BCUT2D eigenvalue weighted by molar-refractivity contribution is 5.67. The third kappa shape index (κ3) is 5.18. The third-order valence-corrected chi connectivity index (χ3v) is 2.54. The first-order chi connectivity index (χ1) is 9.23. The third-order valence-electron chi connectivity index (χ3n) is 2.54. The van der Waals surface area contributed by atoms with Gasteiger partial charge in [-0.3, -0.25) is 4.68 Å². The van der Waals surface area contributed by atoms with Crippen LogP contribution in [0.25, 0.3) is 0 Å². The summed E-state index contributed by atoms with van der Waals surface area (Å²) in [5, 5.41) is 26.2. The Hall–Kier alpha value is -1.60. The van der Waals surface area contributed by atoms with Crippen molar-refractivity contribution < 1.29 is 19.7 Å². The highest BCUT2D eigenvalue weighted by Gasteiger charge is 2.22. The Labute approximate surface area is 118 Å². The predicted molar refractivity (Wildman–Crippen MR) is 73.1 cm³/mol. The largest absolute Gasteiger partial charge is 0.444 e. The monoisotopic (exact) mass is 285 g/mol. The average Bonchev–Trinajstić information content (AvgIpc) is 2.81. The van der Waals surface area contributed by atoms with E-state index in [2.05, 4.69) is 10.4 Å². The second-order valence-corrected chi connectivity index (χ2v) is 5.52. The molecule has 0 aliphatic carbocycles. The molecule has 7 heteroatoms. The number of aromatic nitrogens is 2. The van der Waals surface area contributed by atoms with E-state index in [1.807, 2.05) is 6.92 Å². The zero-order valence-corrected chi connectivity index (χ0v) is 12.3. The van der Waals surface area contributed by atoms with Crippen molar-refractivity contribution >= 4 is 6.09 Å². The van der Waals surface area contributed by atoms with Crippen LogP contribution in [0.3, 0.4) is 0 Å². The van der Waals surface area contributed by atoms with E-state index in [-0.39, 0.29) is 6.54 Å². The summed E-state index contributed by atoms with van der Waals surface area (Å²) in [4.78, 5) is 11.4. The van der Waals surface area contributed by atoms with Crippen molar-refractivity contribution in [1.29, 1.82) is 0 Å². The molecule has 1 aromatic heterocycles. The molecule has 1 aromatic rings. The number of carbonyl (C=O) groups is 1. The number of rotatable bonds is 5. The highest BCUT2D eigenvalue weighted by Crippen LogP contribution is 2.15. The lowest BCUT2D eigenvalue weighted by Crippen LogP contribution is -2.38. The van der Waals surface area contributed by atoms with Crippen LogP contribution in [0.2, 0.25) is 0 Å². The van der Waals surface area contributed by atoms with Gasteiger partial charge in [0.05, 0.1) is 6.20 Å². The van der Waals surface area contributed by atoms with Crippen LogP contribution in [0, 0.1) is 0 Å². The summed E-state index contributed by atoms with van der Waals surface area (Å²) in [5.74, 6) is 0. The molecule has 114 valence electrons. The lowest BCUT2D eigenvalue weighted by atomic mass is 10.1. The van der Waals surface area contributed by atoms with Crippen LogP contribution in [0.4, 0.5) is 4.79 Å². The molecular weight excluding hydrogens is 262 g/mol. The van der Waals surface area contributed by atoms with Crippen molar-refractivity contribution in [3.8, 4) is 0 Å². The van der Waals surface area contributed by atoms with Gasteiger partial charge in [0, 0.05) is 24.8 Å². The molecule has 0 bridgehead atoms. The predicted octanol–water partition coefficient (Wildman–Crippen LogP) is 0.822. The highest BCUT2D eigenvalue weighted by atomic mass is 16.6. The lowest BCUT2D eigenvalue weighted by Gasteiger charge is -2.21. The summed E-state index contributed by atoms with van der Waals surface area (Å²) < 4.78 is 6.68. The van der Waals surface area contributed by atoms with Gasteiger partial charge in [-0.15, -0.1) is 0 Å². The quantitative estimate of drug-likeness (QED) is 0.744. The number of aliphatic hydroxyl groups excluding tert-OH is 2. The molecule has 20 heavy (non-hydrogen) atoms. The number of nitrogens with one attached hydrogen (secondary N) is 1. The van der Waals surface area contributed by atoms with Crippen molar-refractivity contribution in [2.24, 2.45) is 0 Å². The minimum Gasteiger partial charge on any atom is -0.444 e. The normalized spacial score (nSPS) is 14.7. The molecule has 0 aliphatic heterocycles. The Morgan fingerprint density at radius 1 is 1.50 bits per heavy atom. The van der Waals surface area contributed by atoms with Crippen LogP contribution in [-0.2, 0) is 11.3 Å². The number of nitrogens with zero attached hydrogens (tertiary/aromatic N) is 2. The summed E-state index contributed by atoms with van der Waals surface area (Å²) in [6, 6.07) is 0. The molecule has 3 N–H and O–H groups in total. The molecule has 1 rings (SSSR count). The number of ether oxygens (including phenoxy) is 1. The SMILES string of the molecule is CCn1cc(C(O)C(O)CNC(=O)OC(C)(C)C)cn1. The van der Waals surface area contributed by atoms with Gasteiger partial charge in [-0.2, -0.15) is 5.10 Å². The van der Waals surface area contributed by atoms with Crippen LogP contribution in [0.1, 0.15) is 39.4 Å². The first-order valence-corrected chi connectivity index (χ1v) is 6.58. The molecule has 7 nitrogen and oxygen atoms in total. The van der Waals surface area contributed by atoms with Gasteiger partial charge in [-0.05, 0) is 27.7 Å². The molecule has 0 aromatic carbocycles. The Kier molecular flexibility index (Phi) is 5.52. The van der Waals surface area contributed by atoms with Gasteiger partial charge >= 0.3 is 6.09 Å². The molecular formula is C13H23N3O4. The zero-order valence-electron chi connectivity index (χ0n) is 12.3. The van der Waals surface area contributed by atoms with Crippen molar-refractivity contribution in [3.63, 3.8) is 0 Å². The number of aryl methyl sites for hydroxylation is 1. The second-order valence-electron chi connectivity index (χ2n) is 5.52. The van der Waals surface area contributed by atoms with Gasteiger partial charge < -0.3 is 20.3 Å². The first kappa shape index (κ1) is 16.5. The Balaban J connectivity index is 2.46. The van der Waals surface area contributed by atoms with Crippen molar-refractivity contribution in [2.75, 3.05) is 6.54 Å². The zero-order chi connectivity index (χ0) is 15.3. The van der Waals surface area contributed by atoms with E-state index in [9.17, 15) is 15.0 Å². The van der Waals surface area contributed by atoms with Gasteiger partial charge in [-0.1, -0.05) is 0 Å². The van der Waals surface area contributed by atoms with Gasteiger partial charge in [0.25, 0.3) is 0 Å². The molecule has 1 amide bonds. The minimum atomic E-state index is -1.13. The topological polar surface area (TPSA) is 96.6 Å². The van der Waals surface area contributed by atoms with E-state index in [4.69, 9.17) is 4.74 Å². The number of carbonyl (C=O) groups excluding carboxylic acids is 1. The lowest BCUT2D eigenvalue weighted by molar-refractivity contribution is 0.0129. The minimum absolute atomic E-state index is 0.104. The Morgan fingerprint density at radius 2 is 2.15 bits per heavy atom. The molecule has 2 atom stereocenters. The molecule has 0 radical (unpaired) electrons. The standard InChI is InChI=1S/C13H23N3O4/c1-5-16-8-9(6-15-16)11(18)10(17)7-14-12(19)20-13(2,3)4/h6,8,10-11,17-18H,5,7H2,1-4H3,(H,14,19). The fourth-order valence-electron chi connectivity index (χ4n) is 1.54. The summed E-state index contributed by atoms with van der Waals surface area (Å²) in [6.07, 6.45) is 0.280. The molecule has 2 unspecified atom stereocenters. The van der Waals surface area contributed by atoms with Gasteiger partial charge in [-0.25, -0.2) is 4.79 Å². The molecule has 0 spiro atoms. The maximum Gasteiger partial charge on any atom is 0.407 e. The van der Waals surface area contributed by atoms with Crippen LogP contribution in [0.15, 0.2) is 12.4 Å². The summed E-state index contributed by atoms with van der Waals surface area (Å²) in [7, 11) is 0. The van der Waals surface area contributed by atoms with Gasteiger partial charge in [0.15, 0.2) is 0 Å². The fraction of sp³-hybridized carbons (Fsp3) is 0.692. The number of aliphatic hydroxyl groups is 2. The first-order valence-electron chi connectivity index (χ1n) is 6.58. The van der Waals surface area contributed by atoms with Gasteiger partial charge in [0.1, 0.15) is 17.8 Å². The van der Waals surface area contributed by atoms with E-state index < -0.39 is 23.9 Å². The van der Waals surface area contributed by atoms with E-state index in [1.54, 1.807) is 31.6 Å². The molecule has 0 fully saturated rings. The van der Waals surface area contributed by atoms with Crippen molar-refractivity contribution in [2.45, 2.75) is 52.0 Å². The van der Waals surface area contributed by atoms with Crippen LogP contribution < -0.4 is 5.32 Å². The smallest absolute Gasteiger partial charge is 0.407 e. The summed E-state index contributed by atoms with van der Waals surface area (Å²) in [6.45, 7) is 7.74. The second kappa shape index (κ2) is 6.71. The maximum absolute atomic E-state index is 11.4. The van der Waals surface area contributed by atoms with Crippen LogP contribution >= 0.6 is 0 Å². The number of alkyl carbamates (subject to hydrolysis) is 1. The molecule has 1 heterocycles. The molecule has 0 saturated heterocycles. The average molecular weight is 285 g/mol. The maximum atomic E-state index is 11.4. The number of hydrogen-bond acceptors (Lipinski definition) is 5. The fourth-order valence-corrected chi connectivity index (χ4v) is 1.54. The van der Waals surface area contributed by atoms with E-state index in [1.165, 1.54) is 6.20 Å². The Morgan fingerprint density at radius 3 is 2.65 bits per heavy atom. The van der Waals surface area contributed by atoms with Crippen molar-refractivity contribution in [1.82, 2.24) is 15.1 Å². The van der Waals surface area contributed by atoms with Crippen LogP contribution in [-0.4, -0.2) is 44.3 Å². The van der Waals surface area contributed by atoms with E-state index >= 15 is 0 Å². The summed E-state index contributed by atoms with van der Waals surface area (Å²) >= 11 is 0. The number of amides is 1. The summed E-state index contributed by atoms with van der Waals surface area (Å²) in [5.41, 5.74) is -0.0963. The van der Waals surface area contributed by atoms with Crippen LogP contribution in [0.5, 0.6) is 0 Å². The van der Waals surface area contributed by atoms with E-state index in [0.717, 1.165) is 0 Å². The van der Waals surface area contributed by atoms with Crippen molar-refractivity contribution in [3.05, 3.63) is 18.0 Å².